The molecule has 5 rings (SSSR count). The summed E-state index contributed by atoms with van der Waals surface area (Å²) in [5.74, 6) is -1.01. The highest BCUT2D eigenvalue weighted by Crippen LogP contribution is 2.31. The summed E-state index contributed by atoms with van der Waals surface area (Å²) in [4.78, 5) is 39.2. The third-order valence-electron chi connectivity index (χ3n) is 5.34. The molecular weight excluding hydrogens is 446 g/mol. The van der Waals surface area contributed by atoms with Crippen molar-refractivity contribution >= 4 is 56.4 Å². The van der Waals surface area contributed by atoms with E-state index in [-0.39, 0.29) is 0 Å². The number of rotatable bonds is 5. The fourth-order valence-corrected chi connectivity index (χ4v) is 5.09. The van der Waals surface area contributed by atoms with Gasteiger partial charge in [0.15, 0.2) is 0 Å². The molecule has 2 N–H and O–H groups in total. The van der Waals surface area contributed by atoms with Crippen molar-refractivity contribution in [2.45, 2.75) is 12.5 Å². The van der Waals surface area contributed by atoms with Crippen LogP contribution in [-0.2, 0) is 15.1 Å². The van der Waals surface area contributed by atoms with E-state index in [0.29, 0.717) is 15.7 Å². The molecule has 4 aromatic rings. The number of urea groups is 1. The van der Waals surface area contributed by atoms with Gasteiger partial charge in [-0.25, -0.2) is 4.79 Å². The van der Waals surface area contributed by atoms with Crippen LogP contribution in [-0.4, -0.2) is 39.5 Å². The Kier molecular flexibility index (Phi) is 4.95. The topological polar surface area (TPSA) is 104 Å². The molecule has 32 heavy (non-hydrogen) atoms. The van der Waals surface area contributed by atoms with Gasteiger partial charge in [0.05, 0.1) is 0 Å². The second kappa shape index (κ2) is 7.81. The number of carbonyl (C=O) groups is 3. The molecule has 3 heterocycles. The molecule has 2 aromatic heterocycles. The normalized spacial score (nSPS) is 18.2. The molecule has 0 saturated carbocycles. The van der Waals surface area contributed by atoms with Crippen LogP contribution in [0.25, 0.3) is 21.3 Å². The number of nitrogens with zero attached hydrogens (tertiary/aromatic N) is 3. The molecule has 0 aliphatic carbocycles. The van der Waals surface area contributed by atoms with Crippen LogP contribution in [0.15, 0.2) is 59.3 Å². The molecule has 1 unspecified atom stereocenters. The number of benzene rings is 2. The first-order valence-corrected chi connectivity index (χ1v) is 11.5. The average Bonchev–Trinajstić information content (AvgIpc) is 3.52. The van der Waals surface area contributed by atoms with Crippen LogP contribution in [0.4, 0.5) is 9.93 Å². The Labute approximate surface area is 190 Å². The van der Waals surface area contributed by atoms with Gasteiger partial charge in [0.2, 0.25) is 11.0 Å². The number of thiophene rings is 1. The number of fused-ring (bicyclic) bond motifs is 1. The SMILES string of the molecule is CC1(c2ccc3ccccc3c2)NC(=O)N(CC(=O)Nc2nnc(-c3ccsc3)s2)C1=O. The van der Waals surface area contributed by atoms with Gasteiger partial charge in [-0.1, -0.05) is 47.7 Å². The molecule has 1 aliphatic rings. The summed E-state index contributed by atoms with van der Waals surface area (Å²) < 4.78 is 0. The monoisotopic (exact) mass is 463 g/mol. The lowest BCUT2D eigenvalue weighted by molar-refractivity contribution is -0.133. The lowest BCUT2D eigenvalue weighted by Gasteiger charge is -2.22. The average molecular weight is 464 g/mol. The maximum Gasteiger partial charge on any atom is 0.325 e. The third kappa shape index (κ3) is 3.53. The molecule has 0 radical (unpaired) electrons. The molecule has 8 nitrogen and oxygen atoms in total. The lowest BCUT2D eigenvalue weighted by atomic mass is 9.90. The largest absolute Gasteiger partial charge is 0.325 e. The number of imide groups is 1. The maximum absolute atomic E-state index is 13.2. The number of nitrogens with one attached hydrogen (secondary N) is 2. The van der Waals surface area contributed by atoms with E-state index in [1.807, 2.05) is 59.3 Å². The summed E-state index contributed by atoms with van der Waals surface area (Å²) in [5.41, 5.74) is 0.325. The van der Waals surface area contributed by atoms with E-state index in [4.69, 9.17) is 0 Å². The highest BCUT2D eigenvalue weighted by atomic mass is 32.1. The molecule has 2 aromatic carbocycles. The number of anilines is 1. The van der Waals surface area contributed by atoms with Crippen molar-refractivity contribution in [2.75, 3.05) is 11.9 Å². The molecule has 1 fully saturated rings. The predicted octanol–water partition coefficient (Wildman–Crippen LogP) is 3.83. The predicted molar refractivity (Wildman–Crippen MR) is 123 cm³/mol. The molecule has 0 bridgehead atoms. The van der Waals surface area contributed by atoms with Gasteiger partial charge in [0.1, 0.15) is 17.1 Å². The number of hydrogen-bond donors (Lipinski definition) is 2. The van der Waals surface area contributed by atoms with Crippen molar-refractivity contribution in [3.8, 4) is 10.6 Å². The Morgan fingerprint density at radius 2 is 1.94 bits per heavy atom. The zero-order valence-electron chi connectivity index (χ0n) is 16.9. The maximum atomic E-state index is 13.2. The van der Waals surface area contributed by atoms with Crippen molar-refractivity contribution in [3.63, 3.8) is 0 Å². The van der Waals surface area contributed by atoms with E-state index < -0.39 is 29.9 Å². The van der Waals surface area contributed by atoms with Crippen molar-refractivity contribution in [3.05, 3.63) is 64.9 Å². The van der Waals surface area contributed by atoms with Crippen LogP contribution >= 0.6 is 22.7 Å². The smallest absolute Gasteiger partial charge is 0.319 e. The van der Waals surface area contributed by atoms with E-state index in [1.165, 1.54) is 11.3 Å². The van der Waals surface area contributed by atoms with E-state index in [9.17, 15) is 14.4 Å². The number of amides is 4. The summed E-state index contributed by atoms with van der Waals surface area (Å²) in [6.07, 6.45) is 0. The first-order chi connectivity index (χ1) is 15.4. The van der Waals surface area contributed by atoms with Crippen LogP contribution in [0.5, 0.6) is 0 Å². The molecule has 1 atom stereocenters. The first kappa shape index (κ1) is 20.3. The molecular formula is C22H17N5O3S2. The van der Waals surface area contributed by atoms with Crippen LogP contribution in [0, 0.1) is 0 Å². The number of aromatic nitrogens is 2. The Bertz CT molecular complexity index is 1350. The third-order valence-corrected chi connectivity index (χ3v) is 6.91. The first-order valence-electron chi connectivity index (χ1n) is 9.73. The zero-order chi connectivity index (χ0) is 22.3. The van der Waals surface area contributed by atoms with Crippen LogP contribution in [0.1, 0.15) is 12.5 Å². The summed E-state index contributed by atoms with van der Waals surface area (Å²) >= 11 is 2.77. The molecule has 1 aliphatic heterocycles. The second-order valence-corrected chi connectivity index (χ2v) is 9.24. The van der Waals surface area contributed by atoms with Crippen LogP contribution in [0.3, 0.4) is 0 Å². The molecule has 1 saturated heterocycles. The minimum atomic E-state index is -1.25. The summed E-state index contributed by atoms with van der Waals surface area (Å²) in [5, 5.41) is 20.2. The molecule has 4 amide bonds. The highest BCUT2D eigenvalue weighted by molar-refractivity contribution is 7.19. The summed E-state index contributed by atoms with van der Waals surface area (Å²) in [6, 6.07) is 14.7. The van der Waals surface area contributed by atoms with Crippen LogP contribution in [0.2, 0.25) is 0 Å². The molecule has 10 heteroatoms. The summed E-state index contributed by atoms with van der Waals surface area (Å²) in [6.45, 7) is 1.23. The number of hydrogen-bond acceptors (Lipinski definition) is 7. The van der Waals surface area contributed by atoms with Crippen molar-refractivity contribution in [1.82, 2.24) is 20.4 Å². The Morgan fingerprint density at radius 1 is 1.12 bits per heavy atom. The summed E-state index contributed by atoms with van der Waals surface area (Å²) in [7, 11) is 0. The van der Waals surface area contributed by atoms with Gasteiger partial charge in [0.25, 0.3) is 5.91 Å². The number of carbonyl (C=O) groups excluding carboxylic acids is 3. The van der Waals surface area contributed by atoms with E-state index in [2.05, 4.69) is 20.8 Å². The van der Waals surface area contributed by atoms with Crippen molar-refractivity contribution in [1.29, 1.82) is 0 Å². The van der Waals surface area contributed by atoms with Gasteiger partial charge < -0.3 is 5.32 Å². The van der Waals surface area contributed by atoms with Gasteiger partial charge >= 0.3 is 6.03 Å². The van der Waals surface area contributed by atoms with Gasteiger partial charge in [-0.2, -0.15) is 11.3 Å². The van der Waals surface area contributed by atoms with Gasteiger partial charge in [-0.15, -0.1) is 10.2 Å². The van der Waals surface area contributed by atoms with Gasteiger partial charge in [0, 0.05) is 10.9 Å². The minimum Gasteiger partial charge on any atom is -0.319 e. The Morgan fingerprint density at radius 3 is 2.72 bits per heavy atom. The Hall–Kier alpha value is -3.63. The van der Waals surface area contributed by atoms with E-state index in [0.717, 1.165) is 21.2 Å². The van der Waals surface area contributed by atoms with Gasteiger partial charge in [-0.3, -0.25) is 19.8 Å². The van der Waals surface area contributed by atoms with Crippen molar-refractivity contribution < 1.29 is 14.4 Å². The molecule has 0 spiro atoms. The van der Waals surface area contributed by atoms with Crippen LogP contribution < -0.4 is 10.6 Å². The standard InChI is InChI=1S/C22H17N5O3S2/c1-22(16-7-6-13-4-2-3-5-14(13)10-16)19(29)27(21(30)24-22)11-17(28)23-20-26-25-18(32-20)15-8-9-31-12-15/h2-10,12H,11H2,1H3,(H,24,30)(H,23,26,28). The molecule has 160 valence electrons. The fourth-order valence-electron chi connectivity index (χ4n) is 3.62. The fraction of sp³-hybridized carbons (Fsp3) is 0.136. The van der Waals surface area contributed by atoms with Gasteiger partial charge in [-0.05, 0) is 40.8 Å². The van der Waals surface area contributed by atoms with E-state index >= 15 is 0 Å². The highest BCUT2D eigenvalue weighted by Gasteiger charge is 2.49. The van der Waals surface area contributed by atoms with E-state index in [1.54, 1.807) is 18.3 Å². The quantitative estimate of drug-likeness (QED) is 0.438. The van der Waals surface area contributed by atoms with Crippen molar-refractivity contribution in [2.24, 2.45) is 0 Å². The second-order valence-electron chi connectivity index (χ2n) is 7.48. The lowest BCUT2D eigenvalue weighted by Crippen LogP contribution is -2.42. The minimum absolute atomic E-state index is 0.306. The Balaban J connectivity index is 1.31. The zero-order valence-corrected chi connectivity index (χ0v) is 18.5.